The lowest BCUT2D eigenvalue weighted by atomic mass is 9.97. The minimum atomic E-state index is -0.303. The molecule has 0 aromatic heterocycles. The highest BCUT2D eigenvalue weighted by molar-refractivity contribution is 8.03. The van der Waals surface area contributed by atoms with Crippen LogP contribution in [0.2, 0.25) is 0 Å². The highest BCUT2D eigenvalue weighted by Crippen LogP contribution is 2.51. The monoisotopic (exact) mass is 457 g/mol. The maximum absolute atomic E-state index is 9.34. The van der Waals surface area contributed by atoms with Gasteiger partial charge in [0, 0.05) is 26.8 Å². The zero-order chi connectivity index (χ0) is 22.9. The Kier molecular flexibility index (Phi) is 5.33. The van der Waals surface area contributed by atoms with Gasteiger partial charge in [0.1, 0.15) is 6.04 Å². The average Bonchev–Trinajstić information content (AvgIpc) is 2.92. The van der Waals surface area contributed by atoms with Crippen molar-refractivity contribution in [3.8, 4) is 17.2 Å². The maximum Gasteiger partial charge on any atom is 0.133 e. The summed E-state index contributed by atoms with van der Waals surface area (Å²) >= 11 is 1.87. The van der Waals surface area contributed by atoms with E-state index in [2.05, 4.69) is 101 Å². The summed E-state index contributed by atoms with van der Waals surface area (Å²) in [5.41, 5.74) is 8.19. The van der Waals surface area contributed by atoms with Gasteiger partial charge in [-0.1, -0.05) is 78.5 Å². The number of nitrogens with zero attached hydrogens (tertiary/aromatic N) is 2. The predicted octanol–water partition coefficient (Wildman–Crippen LogP) is 7.55. The van der Waals surface area contributed by atoms with Gasteiger partial charge in [-0.2, -0.15) is 5.26 Å². The molecule has 34 heavy (non-hydrogen) atoms. The van der Waals surface area contributed by atoms with Gasteiger partial charge in [0.15, 0.2) is 0 Å². The van der Waals surface area contributed by atoms with Crippen molar-refractivity contribution < 1.29 is 0 Å². The normalized spacial score (nSPS) is 18.5. The largest absolute Gasteiger partial charge is 0.366 e. The van der Waals surface area contributed by atoms with Gasteiger partial charge in [-0.3, -0.25) is 0 Å². The molecule has 1 unspecified atom stereocenters. The number of anilines is 2. The van der Waals surface area contributed by atoms with Gasteiger partial charge in [-0.05, 0) is 60.4 Å². The van der Waals surface area contributed by atoms with E-state index in [1.807, 2.05) is 30.0 Å². The molecule has 0 radical (unpaired) electrons. The summed E-state index contributed by atoms with van der Waals surface area (Å²) in [5, 5.41) is 12.6. The van der Waals surface area contributed by atoms with Crippen LogP contribution in [0.15, 0.2) is 119 Å². The Hall–Kier alpha value is -3.94. The van der Waals surface area contributed by atoms with Crippen LogP contribution in [0.5, 0.6) is 0 Å². The first-order valence-electron chi connectivity index (χ1n) is 11.5. The molecule has 4 heteroatoms. The van der Waals surface area contributed by atoms with E-state index in [0.29, 0.717) is 0 Å². The topological polar surface area (TPSA) is 39.1 Å². The van der Waals surface area contributed by atoms with E-state index in [1.54, 1.807) is 0 Å². The summed E-state index contributed by atoms with van der Waals surface area (Å²) in [7, 11) is 0. The van der Waals surface area contributed by atoms with Crippen LogP contribution in [0.4, 0.5) is 11.4 Å². The highest BCUT2D eigenvalue weighted by Gasteiger charge is 2.28. The van der Waals surface area contributed by atoms with Gasteiger partial charge in [0.25, 0.3) is 0 Å². The molecule has 1 atom stereocenters. The van der Waals surface area contributed by atoms with Crippen molar-refractivity contribution in [1.82, 2.24) is 5.32 Å². The highest BCUT2D eigenvalue weighted by atomic mass is 32.2. The molecule has 3 nitrogen and oxygen atoms in total. The second-order valence-corrected chi connectivity index (χ2v) is 9.56. The standard InChI is InChI=1S/C30H23N3S/c31-20-23-11-8-13-25(32-23)22-10-7-9-21(19-22)24-12-1-2-14-26(24)33-27-15-3-5-17-29(27)34-30-18-6-4-16-28(30)33/h1-3,5-15,17-19,23,32H,4,16H2. The molecule has 0 amide bonds. The number of hydrogen-bond acceptors (Lipinski definition) is 4. The van der Waals surface area contributed by atoms with Crippen LogP contribution in [0, 0.1) is 11.3 Å². The molecule has 1 aliphatic carbocycles. The van der Waals surface area contributed by atoms with Crippen LogP contribution in [0.3, 0.4) is 0 Å². The van der Waals surface area contributed by atoms with E-state index >= 15 is 0 Å². The van der Waals surface area contributed by atoms with Crippen molar-refractivity contribution in [1.29, 1.82) is 5.26 Å². The molecule has 0 fully saturated rings. The molecule has 0 saturated heterocycles. The molecule has 2 aliphatic heterocycles. The third-order valence-corrected chi connectivity index (χ3v) is 7.50. The predicted molar refractivity (Wildman–Crippen MR) is 141 cm³/mol. The fraction of sp³-hybridized carbons (Fsp3) is 0.100. The average molecular weight is 458 g/mol. The third-order valence-electron chi connectivity index (χ3n) is 6.34. The number of hydrogen-bond donors (Lipinski definition) is 1. The van der Waals surface area contributed by atoms with E-state index in [-0.39, 0.29) is 6.04 Å². The van der Waals surface area contributed by atoms with Crippen molar-refractivity contribution >= 4 is 28.8 Å². The number of allylic oxidation sites excluding steroid dienone is 5. The maximum atomic E-state index is 9.34. The van der Waals surface area contributed by atoms with E-state index < -0.39 is 0 Å². The summed E-state index contributed by atoms with van der Waals surface area (Å²) in [6, 6.07) is 27.9. The molecule has 3 aromatic carbocycles. The van der Waals surface area contributed by atoms with Crippen LogP contribution >= 0.6 is 11.8 Å². The Balaban J connectivity index is 1.48. The minimum Gasteiger partial charge on any atom is -0.366 e. The van der Waals surface area contributed by atoms with Crippen molar-refractivity contribution in [3.63, 3.8) is 0 Å². The molecule has 164 valence electrons. The molecule has 2 heterocycles. The van der Waals surface area contributed by atoms with E-state index in [9.17, 15) is 5.26 Å². The van der Waals surface area contributed by atoms with Crippen molar-refractivity contribution in [2.24, 2.45) is 0 Å². The molecule has 0 spiro atoms. The van der Waals surface area contributed by atoms with Crippen LogP contribution < -0.4 is 10.2 Å². The Labute approximate surface area is 204 Å². The van der Waals surface area contributed by atoms with Crippen molar-refractivity contribution in [2.75, 3.05) is 4.90 Å². The van der Waals surface area contributed by atoms with Gasteiger partial charge in [-0.25, -0.2) is 0 Å². The second kappa shape index (κ2) is 8.78. The third kappa shape index (κ3) is 3.65. The molecule has 0 saturated carbocycles. The lowest BCUT2D eigenvalue weighted by Gasteiger charge is -2.37. The van der Waals surface area contributed by atoms with Gasteiger partial charge >= 0.3 is 0 Å². The molecular weight excluding hydrogens is 434 g/mol. The Morgan fingerprint density at radius 1 is 0.941 bits per heavy atom. The van der Waals surface area contributed by atoms with Gasteiger partial charge in [0.2, 0.25) is 0 Å². The van der Waals surface area contributed by atoms with Gasteiger partial charge in [0.05, 0.1) is 17.4 Å². The molecule has 3 aromatic rings. The van der Waals surface area contributed by atoms with Crippen molar-refractivity contribution in [2.45, 2.75) is 23.8 Å². The number of fused-ring (bicyclic) bond motifs is 1. The lowest BCUT2D eigenvalue weighted by Crippen LogP contribution is -2.25. The summed E-state index contributed by atoms with van der Waals surface area (Å²) in [5.74, 6) is 0. The summed E-state index contributed by atoms with van der Waals surface area (Å²) in [6.45, 7) is 0. The number of para-hydroxylation sites is 2. The number of thioether (sulfide) groups is 1. The smallest absolute Gasteiger partial charge is 0.133 e. The minimum absolute atomic E-state index is 0.303. The summed E-state index contributed by atoms with van der Waals surface area (Å²) in [4.78, 5) is 5.07. The van der Waals surface area contributed by atoms with Crippen molar-refractivity contribution in [3.05, 3.63) is 119 Å². The molecule has 3 aliphatic rings. The number of benzene rings is 3. The molecule has 6 rings (SSSR count). The number of dihydropyridines is 1. The van der Waals surface area contributed by atoms with Crippen LogP contribution in [-0.4, -0.2) is 6.04 Å². The fourth-order valence-corrected chi connectivity index (χ4v) is 5.88. The van der Waals surface area contributed by atoms with Gasteiger partial charge < -0.3 is 10.2 Å². The molecular formula is C30H23N3S. The van der Waals surface area contributed by atoms with Gasteiger partial charge in [-0.15, -0.1) is 0 Å². The first-order chi connectivity index (χ1) is 16.8. The zero-order valence-corrected chi connectivity index (χ0v) is 19.4. The number of nitrogens with one attached hydrogen (secondary N) is 1. The Bertz CT molecular complexity index is 1440. The fourth-order valence-electron chi connectivity index (χ4n) is 4.76. The quantitative estimate of drug-likeness (QED) is 0.441. The van der Waals surface area contributed by atoms with Crippen LogP contribution in [-0.2, 0) is 0 Å². The second-order valence-electron chi connectivity index (χ2n) is 8.47. The zero-order valence-electron chi connectivity index (χ0n) is 18.6. The van der Waals surface area contributed by atoms with Crippen LogP contribution in [0.25, 0.3) is 16.8 Å². The van der Waals surface area contributed by atoms with Crippen LogP contribution in [0.1, 0.15) is 18.4 Å². The SMILES string of the molecule is N#CC1C=CC=C(c2cccc(-c3ccccc3N3C4=C(C=CCC4)Sc4ccccc43)c2)N1. The first kappa shape index (κ1) is 20.7. The van der Waals surface area contributed by atoms with E-state index in [4.69, 9.17) is 0 Å². The van der Waals surface area contributed by atoms with E-state index in [1.165, 1.54) is 32.4 Å². The van der Waals surface area contributed by atoms with E-state index in [0.717, 1.165) is 29.7 Å². The molecule has 1 N–H and O–H groups in total. The summed E-state index contributed by atoms with van der Waals surface area (Å²) < 4.78 is 0. The first-order valence-corrected chi connectivity index (χ1v) is 12.3. The number of nitriles is 1. The Morgan fingerprint density at radius 2 is 1.76 bits per heavy atom. The Morgan fingerprint density at radius 3 is 2.68 bits per heavy atom. The summed E-state index contributed by atoms with van der Waals surface area (Å²) in [6.07, 6.45) is 12.5. The molecule has 0 bridgehead atoms. The lowest BCUT2D eigenvalue weighted by molar-refractivity contribution is 0.860. The number of rotatable bonds is 3.